The maximum absolute atomic E-state index is 4.54. The van der Waals surface area contributed by atoms with Crippen molar-refractivity contribution in [2.24, 2.45) is 4.99 Å². The number of hydrogen-bond donors (Lipinski definition) is 0. The van der Waals surface area contributed by atoms with Gasteiger partial charge in [-0.15, -0.1) is 0 Å². The molecule has 112 valence electrons. The van der Waals surface area contributed by atoms with Crippen LogP contribution in [-0.2, 0) is 0 Å². The van der Waals surface area contributed by atoms with E-state index in [9.17, 15) is 0 Å². The Morgan fingerprint density at radius 2 is 1.42 bits per heavy atom. The molecule has 0 spiro atoms. The van der Waals surface area contributed by atoms with Crippen molar-refractivity contribution in [1.82, 2.24) is 4.90 Å². The van der Waals surface area contributed by atoms with Gasteiger partial charge in [0.25, 0.3) is 0 Å². The second-order valence-electron chi connectivity index (χ2n) is 5.72. The molecule has 0 radical (unpaired) electrons. The second-order valence-corrected chi connectivity index (χ2v) is 5.72. The minimum absolute atomic E-state index is 1.15. The van der Waals surface area contributed by atoms with Gasteiger partial charge in [0, 0.05) is 11.4 Å². The highest BCUT2D eigenvalue weighted by molar-refractivity contribution is 5.80. The number of allylic oxidation sites excluding steroid dienone is 2. The van der Waals surface area contributed by atoms with Crippen LogP contribution in [-0.4, -0.2) is 30.2 Å². The van der Waals surface area contributed by atoms with E-state index in [0.29, 0.717) is 0 Å². The molecule has 0 aliphatic rings. The standard InChI is InChI=1S/C17H34N2/c1-7-12-19(13-8-2)14-10-9-11-16(5)17(6)18-15(3)4/h7-14H2,1-6H3/b17-16+. The molecule has 0 saturated heterocycles. The molecule has 0 fully saturated rings. The van der Waals surface area contributed by atoms with Crippen LogP contribution in [0, 0.1) is 0 Å². The Labute approximate surface area is 121 Å². The fraction of sp³-hybridized carbons (Fsp3) is 0.824. The fourth-order valence-electron chi connectivity index (χ4n) is 2.31. The molecule has 0 aliphatic carbocycles. The van der Waals surface area contributed by atoms with Gasteiger partial charge in [-0.25, -0.2) is 0 Å². The highest BCUT2D eigenvalue weighted by Gasteiger charge is 2.02. The van der Waals surface area contributed by atoms with Gasteiger partial charge >= 0.3 is 0 Å². The number of rotatable bonds is 10. The van der Waals surface area contributed by atoms with Gasteiger partial charge in [-0.3, -0.25) is 4.99 Å². The highest BCUT2D eigenvalue weighted by atomic mass is 15.1. The minimum Gasteiger partial charge on any atom is -0.303 e. The summed E-state index contributed by atoms with van der Waals surface area (Å²) in [7, 11) is 0. The van der Waals surface area contributed by atoms with Crippen molar-refractivity contribution in [3.05, 3.63) is 11.3 Å². The molecule has 0 N–H and O–H groups in total. The van der Waals surface area contributed by atoms with E-state index in [-0.39, 0.29) is 0 Å². The predicted molar refractivity (Wildman–Crippen MR) is 88.0 cm³/mol. The molecule has 0 unspecified atom stereocenters. The molecule has 0 amide bonds. The molecule has 2 heteroatoms. The van der Waals surface area contributed by atoms with Gasteiger partial charge in [-0.2, -0.15) is 0 Å². The molecule has 0 saturated carbocycles. The summed E-state index contributed by atoms with van der Waals surface area (Å²) in [6, 6.07) is 0. The highest BCUT2D eigenvalue weighted by Crippen LogP contribution is 2.13. The van der Waals surface area contributed by atoms with E-state index >= 15 is 0 Å². The first kappa shape index (κ1) is 18.4. The van der Waals surface area contributed by atoms with Crippen LogP contribution in [0.3, 0.4) is 0 Å². The van der Waals surface area contributed by atoms with Crippen LogP contribution in [0.1, 0.15) is 73.6 Å². The fourth-order valence-corrected chi connectivity index (χ4v) is 2.31. The topological polar surface area (TPSA) is 15.6 Å². The average molecular weight is 266 g/mol. The van der Waals surface area contributed by atoms with Gasteiger partial charge in [0.1, 0.15) is 0 Å². The molecular weight excluding hydrogens is 232 g/mol. The van der Waals surface area contributed by atoms with Crippen LogP contribution >= 0.6 is 0 Å². The van der Waals surface area contributed by atoms with Gasteiger partial charge in [-0.05, 0) is 79.4 Å². The monoisotopic (exact) mass is 266 g/mol. The molecule has 0 atom stereocenters. The molecule has 0 heterocycles. The van der Waals surface area contributed by atoms with E-state index in [1.165, 1.54) is 63.0 Å². The van der Waals surface area contributed by atoms with E-state index < -0.39 is 0 Å². The lowest BCUT2D eigenvalue weighted by Gasteiger charge is -2.20. The molecule has 2 nitrogen and oxygen atoms in total. The van der Waals surface area contributed by atoms with Crippen LogP contribution in [0.25, 0.3) is 0 Å². The van der Waals surface area contributed by atoms with E-state index in [0.717, 1.165) is 5.71 Å². The van der Waals surface area contributed by atoms with Crippen molar-refractivity contribution >= 4 is 5.71 Å². The maximum atomic E-state index is 4.54. The summed E-state index contributed by atoms with van der Waals surface area (Å²) in [5, 5.41) is 0. The number of hydrogen-bond acceptors (Lipinski definition) is 2. The Balaban J connectivity index is 3.98. The third-order valence-corrected chi connectivity index (χ3v) is 3.36. The van der Waals surface area contributed by atoms with Crippen LogP contribution in [0.5, 0.6) is 0 Å². The van der Waals surface area contributed by atoms with E-state index in [1.807, 2.05) is 0 Å². The van der Waals surface area contributed by atoms with Crippen LogP contribution < -0.4 is 0 Å². The first-order valence-corrected chi connectivity index (χ1v) is 7.91. The molecule has 0 bridgehead atoms. The van der Waals surface area contributed by atoms with Gasteiger partial charge in [-0.1, -0.05) is 19.4 Å². The minimum atomic E-state index is 1.15. The Morgan fingerprint density at radius 1 is 0.842 bits per heavy atom. The number of unbranched alkanes of at least 4 members (excludes halogenated alkanes) is 1. The van der Waals surface area contributed by atoms with Crippen molar-refractivity contribution < 1.29 is 0 Å². The van der Waals surface area contributed by atoms with Crippen LogP contribution in [0.15, 0.2) is 16.3 Å². The van der Waals surface area contributed by atoms with Gasteiger partial charge in [0.05, 0.1) is 0 Å². The van der Waals surface area contributed by atoms with Crippen molar-refractivity contribution in [3.8, 4) is 0 Å². The molecular formula is C17H34N2. The smallest absolute Gasteiger partial charge is 0.0361 e. The quantitative estimate of drug-likeness (QED) is 0.399. The second kappa shape index (κ2) is 11.2. The Morgan fingerprint density at radius 3 is 1.89 bits per heavy atom. The molecule has 0 aromatic heterocycles. The average Bonchev–Trinajstić information content (AvgIpc) is 2.33. The van der Waals surface area contributed by atoms with Crippen molar-refractivity contribution in [2.75, 3.05) is 19.6 Å². The summed E-state index contributed by atoms with van der Waals surface area (Å²) in [4.78, 5) is 7.13. The number of nitrogens with zero attached hydrogens (tertiary/aromatic N) is 2. The zero-order chi connectivity index (χ0) is 14.7. The number of aliphatic imine (C=N–C) groups is 1. The third kappa shape index (κ3) is 9.89. The van der Waals surface area contributed by atoms with Crippen LogP contribution in [0.4, 0.5) is 0 Å². The summed E-state index contributed by atoms with van der Waals surface area (Å²) >= 11 is 0. The van der Waals surface area contributed by atoms with E-state index in [4.69, 9.17) is 0 Å². The summed E-state index contributed by atoms with van der Waals surface area (Å²) in [5.74, 6) is 0. The SMILES string of the molecule is CCCN(CCC)CCCC/C(C)=C(\C)N=C(C)C. The lowest BCUT2D eigenvalue weighted by atomic mass is 10.1. The van der Waals surface area contributed by atoms with Crippen molar-refractivity contribution in [1.29, 1.82) is 0 Å². The summed E-state index contributed by atoms with van der Waals surface area (Å²) < 4.78 is 0. The molecule has 0 aromatic rings. The van der Waals surface area contributed by atoms with Crippen LogP contribution in [0.2, 0.25) is 0 Å². The van der Waals surface area contributed by atoms with E-state index in [1.54, 1.807) is 0 Å². The normalized spacial score (nSPS) is 12.6. The van der Waals surface area contributed by atoms with Gasteiger partial charge < -0.3 is 4.90 Å². The first-order chi connectivity index (χ1) is 9.01. The lowest BCUT2D eigenvalue weighted by molar-refractivity contribution is 0.269. The van der Waals surface area contributed by atoms with Gasteiger partial charge in [0.15, 0.2) is 0 Å². The predicted octanol–water partition coefficient (Wildman–Crippen LogP) is 5.05. The summed E-state index contributed by atoms with van der Waals surface area (Å²) in [5.41, 5.74) is 3.80. The van der Waals surface area contributed by atoms with E-state index in [2.05, 4.69) is 51.4 Å². The Bertz CT molecular complexity index is 280. The largest absolute Gasteiger partial charge is 0.303 e. The maximum Gasteiger partial charge on any atom is 0.0361 e. The van der Waals surface area contributed by atoms with Crippen molar-refractivity contribution in [2.45, 2.75) is 73.6 Å². The molecule has 0 aromatic carbocycles. The lowest BCUT2D eigenvalue weighted by Crippen LogP contribution is -2.26. The molecule has 0 rings (SSSR count). The van der Waals surface area contributed by atoms with Crippen molar-refractivity contribution in [3.63, 3.8) is 0 Å². The Kier molecular flexibility index (Phi) is 10.8. The zero-order valence-electron chi connectivity index (χ0n) is 14.1. The molecule has 0 aliphatic heterocycles. The summed E-state index contributed by atoms with van der Waals surface area (Å²) in [6.45, 7) is 16.8. The summed E-state index contributed by atoms with van der Waals surface area (Å²) in [6.07, 6.45) is 6.31. The molecule has 19 heavy (non-hydrogen) atoms. The Hall–Kier alpha value is -0.630. The third-order valence-electron chi connectivity index (χ3n) is 3.36. The van der Waals surface area contributed by atoms with Gasteiger partial charge in [0.2, 0.25) is 0 Å². The zero-order valence-corrected chi connectivity index (χ0v) is 14.1. The first-order valence-electron chi connectivity index (χ1n) is 7.91.